The van der Waals surface area contributed by atoms with Crippen LogP contribution in [0.5, 0.6) is 0 Å². The third-order valence-electron chi connectivity index (χ3n) is 13.2. The van der Waals surface area contributed by atoms with Crippen LogP contribution in [0.1, 0.15) is 25.0 Å². The zero-order chi connectivity index (χ0) is 39.2. The largest absolute Gasteiger partial charge is 0.0616 e. The van der Waals surface area contributed by atoms with Crippen LogP contribution in [0.25, 0.3) is 109 Å². The summed E-state index contributed by atoms with van der Waals surface area (Å²) in [7, 11) is 0. The van der Waals surface area contributed by atoms with Gasteiger partial charge in [0, 0.05) is 5.41 Å². The van der Waals surface area contributed by atoms with Gasteiger partial charge >= 0.3 is 0 Å². The van der Waals surface area contributed by atoms with Crippen LogP contribution in [0.3, 0.4) is 0 Å². The summed E-state index contributed by atoms with van der Waals surface area (Å²) in [5.41, 5.74) is 15.4. The van der Waals surface area contributed by atoms with Crippen molar-refractivity contribution in [3.63, 3.8) is 0 Å². The number of rotatable bonds is 4. The Morgan fingerprint density at radius 3 is 1.34 bits per heavy atom. The maximum Gasteiger partial charge on any atom is 0.0171 e. The van der Waals surface area contributed by atoms with Gasteiger partial charge in [-0.2, -0.15) is 0 Å². The van der Waals surface area contributed by atoms with E-state index in [0.717, 1.165) is 0 Å². The molecule has 1 aliphatic carbocycles. The van der Waals surface area contributed by atoms with Crippen LogP contribution < -0.4 is 0 Å². The van der Waals surface area contributed by atoms with E-state index in [9.17, 15) is 0 Å². The van der Waals surface area contributed by atoms with E-state index in [1.807, 2.05) is 0 Å². The first-order valence-electron chi connectivity index (χ1n) is 20.8. The fourth-order valence-electron chi connectivity index (χ4n) is 10.8. The van der Waals surface area contributed by atoms with Crippen molar-refractivity contribution in [2.45, 2.75) is 19.3 Å². The molecule has 59 heavy (non-hydrogen) atoms. The van der Waals surface area contributed by atoms with Crippen molar-refractivity contribution in [2.24, 2.45) is 0 Å². The summed E-state index contributed by atoms with van der Waals surface area (Å²) in [6, 6.07) is 76.7. The molecule has 11 aromatic carbocycles. The maximum absolute atomic E-state index is 2.44. The molecule has 0 unspecified atom stereocenters. The molecule has 11 aromatic rings. The van der Waals surface area contributed by atoms with Crippen LogP contribution in [-0.2, 0) is 5.41 Å². The zero-order valence-corrected chi connectivity index (χ0v) is 33.1. The Balaban J connectivity index is 1.03. The molecule has 0 spiro atoms. The van der Waals surface area contributed by atoms with Crippen molar-refractivity contribution < 1.29 is 0 Å². The second-order valence-electron chi connectivity index (χ2n) is 16.7. The van der Waals surface area contributed by atoms with Gasteiger partial charge in [0.15, 0.2) is 0 Å². The van der Waals surface area contributed by atoms with E-state index in [4.69, 9.17) is 0 Å². The minimum absolute atomic E-state index is 0.203. The Labute approximate surface area is 344 Å². The highest BCUT2D eigenvalue weighted by atomic mass is 14.4. The molecule has 276 valence electrons. The monoisotopic (exact) mass is 748 g/mol. The SMILES string of the molecule is CC1(C)c2c(-c3cccc(-c4c5ccccc5c(-c5ccc(-c6cccc7ccccc67)cc5)c5ccccc45)c3)cccc2-c2c1c1ccccc1c1ccccc21. The predicted molar refractivity (Wildman–Crippen MR) is 253 cm³/mol. The van der Waals surface area contributed by atoms with E-state index in [0.29, 0.717) is 0 Å². The Kier molecular flexibility index (Phi) is 7.38. The van der Waals surface area contributed by atoms with Crippen molar-refractivity contribution in [1.29, 1.82) is 0 Å². The summed E-state index contributed by atoms with van der Waals surface area (Å²) in [5, 5.41) is 12.9. The summed E-state index contributed by atoms with van der Waals surface area (Å²) < 4.78 is 0. The molecule has 0 aliphatic heterocycles. The molecule has 0 atom stereocenters. The van der Waals surface area contributed by atoms with Gasteiger partial charge in [-0.05, 0) is 127 Å². The Hall–Kier alpha value is -7.28. The van der Waals surface area contributed by atoms with E-state index in [1.54, 1.807) is 0 Å². The van der Waals surface area contributed by atoms with Gasteiger partial charge in [-0.15, -0.1) is 0 Å². The summed E-state index contributed by atoms with van der Waals surface area (Å²) in [6.45, 7) is 4.86. The molecule has 0 N–H and O–H groups in total. The van der Waals surface area contributed by atoms with Crippen LogP contribution in [0, 0.1) is 0 Å². The van der Waals surface area contributed by atoms with Crippen molar-refractivity contribution in [2.75, 3.05) is 0 Å². The molecule has 0 nitrogen and oxygen atoms in total. The number of benzene rings is 11. The molecule has 12 rings (SSSR count). The van der Waals surface area contributed by atoms with Crippen LogP contribution in [0.2, 0.25) is 0 Å². The Morgan fingerprint density at radius 1 is 0.254 bits per heavy atom. The topological polar surface area (TPSA) is 0 Å². The van der Waals surface area contributed by atoms with Crippen LogP contribution in [0.4, 0.5) is 0 Å². The van der Waals surface area contributed by atoms with Crippen molar-refractivity contribution in [3.8, 4) is 55.6 Å². The Bertz CT molecular complexity index is 3450. The van der Waals surface area contributed by atoms with Gasteiger partial charge in [-0.1, -0.05) is 214 Å². The smallest absolute Gasteiger partial charge is 0.0171 e. The molecular formula is C59H40. The van der Waals surface area contributed by atoms with Crippen molar-refractivity contribution in [3.05, 3.63) is 217 Å². The van der Waals surface area contributed by atoms with Crippen molar-refractivity contribution in [1.82, 2.24) is 0 Å². The normalized spacial score (nSPS) is 13.1. The van der Waals surface area contributed by atoms with E-state index < -0.39 is 0 Å². The summed E-state index contributed by atoms with van der Waals surface area (Å²) in [5.74, 6) is 0. The molecule has 0 aromatic heterocycles. The maximum atomic E-state index is 2.44. The van der Waals surface area contributed by atoms with E-state index in [-0.39, 0.29) is 5.41 Å². The fourth-order valence-corrected chi connectivity index (χ4v) is 10.8. The molecule has 0 saturated carbocycles. The second-order valence-corrected chi connectivity index (χ2v) is 16.7. The Morgan fingerprint density at radius 2 is 0.678 bits per heavy atom. The number of fused-ring (bicyclic) bond motifs is 11. The summed E-state index contributed by atoms with van der Waals surface area (Å²) in [4.78, 5) is 0. The van der Waals surface area contributed by atoms with E-state index in [1.165, 1.54) is 121 Å². The molecule has 0 radical (unpaired) electrons. The third-order valence-corrected chi connectivity index (χ3v) is 13.2. The first-order chi connectivity index (χ1) is 29.1. The predicted octanol–water partition coefficient (Wildman–Crippen LogP) is 16.4. The quantitative estimate of drug-likeness (QED) is 0.124. The van der Waals surface area contributed by atoms with Gasteiger partial charge in [0.1, 0.15) is 0 Å². The second kappa shape index (κ2) is 12.9. The molecule has 0 bridgehead atoms. The molecular weight excluding hydrogens is 709 g/mol. The first kappa shape index (κ1) is 33.8. The van der Waals surface area contributed by atoms with Crippen LogP contribution in [-0.4, -0.2) is 0 Å². The lowest BCUT2D eigenvalue weighted by Gasteiger charge is -2.26. The standard InChI is InChI=1S/C59H40/c1-59(2)57-44(30-15-31-53(57)56-47-23-7-5-21-45(47)46-22-6-12-28-52(46)58(56)59)40-18-13-19-41(36-40)55-50-26-10-8-24-48(50)54(49-25-9-11-27-51(49)55)39-34-32-38(33-35-39)43-29-14-17-37-16-3-4-20-42(37)43/h3-36H,1-2H3. The van der Waals surface area contributed by atoms with Gasteiger partial charge in [-0.3, -0.25) is 0 Å². The van der Waals surface area contributed by atoms with Gasteiger partial charge in [0.05, 0.1) is 0 Å². The highest BCUT2D eigenvalue weighted by molar-refractivity contribution is 6.22. The van der Waals surface area contributed by atoms with Gasteiger partial charge < -0.3 is 0 Å². The van der Waals surface area contributed by atoms with E-state index in [2.05, 4.69) is 220 Å². The zero-order valence-electron chi connectivity index (χ0n) is 33.1. The lowest BCUT2D eigenvalue weighted by molar-refractivity contribution is 0.668. The minimum atomic E-state index is -0.203. The third kappa shape index (κ3) is 4.96. The van der Waals surface area contributed by atoms with Gasteiger partial charge in [0.2, 0.25) is 0 Å². The highest BCUT2D eigenvalue weighted by Crippen LogP contribution is 2.57. The van der Waals surface area contributed by atoms with Gasteiger partial charge in [-0.25, -0.2) is 0 Å². The average Bonchev–Trinajstić information content (AvgIpc) is 3.55. The summed E-state index contributed by atoms with van der Waals surface area (Å²) >= 11 is 0. The number of hydrogen-bond donors (Lipinski definition) is 0. The first-order valence-corrected chi connectivity index (χ1v) is 20.8. The molecule has 0 heterocycles. The lowest BCUT2D eigenvalue weighted by atomic mass is 9.76. The molecule has 0 amide bonds. The lowest BCUT2D eigenvalue weighted by Crippen LogP contribution is -2.17. The van der Waals surface area contributed by atoms with E-state index >= 15 is 0 Å². The number of hydrogen-bond acceptors (Lipinski definition) is 0. The molecule has 0 heteroatoms. The molecule has 1 aliphatic rings. The van der Waals surface area contributed by atoms with Crippen LogP contribution in [0.15, 0.2) is 206 Å². The van der Waals surface area contributed by atoms with Crippen LogP contribution >= 0.6 is 0 Å². The van der Waals surface area contributed by atoms with Crippen molar-refractivity contribution >= 4 is 53.9 Å². The average molecular weight is 749 g/mol. The minimum Gasteiger partial charge on any atom is -0.0616 e. The fraction of sp³-hybridized carbons (Fsp3) is 0.0508. The summed E-state index contributed by atoms with van der Waals surface area (Å²) in [6.07, 6.45) is 0. The molecule has 0 fully saturated rings. The highest BCUT2D eigenvalue weighted by Gasteiger charge is 2.40. The molecule has 0 saturated heterocycles. The van der Waals surface area contributed by atoms with Gasteiger partial charge in [0.25, 0.3) is 0 Å².